The topological polar surface area (TPSA) is 58.2 Å². The monoisotopic (exact) mass is 384 g/mol. The van der Waals surface area contributed by atoms with Crippen molar-refractivity contribution in [2.24, 2.45) is 0 Å². The van der Waals surface area contributed by atoms with Crippen molar-refractivity contribution in [1.29, 1.82) is 0 Å². The fourth-order valence-corrected chi connectivity index (χ4v) is 4.06. The number of anilines is 2. The average molecular weight is 384 g/mol. The van der Waals surface area contributed by atoms with Gasteiger partial charge in [-0.2, -0.15) is 0 Å². The zero-order valence-corrected chi connectivity index (χ0v) is 16.0. The summed E-state index contributed by atoms with van der Waals surface area (Å²) in [5, 5.41) is 3.22. The maximum atomic E-state index is 12.9. The quantitative estimate of drug-likeness (QED) is 0.638. The predicted octanol–water partition coefficient (Wildman–Crippen LogP) is 4.86. The zero-order valence-electron chi connectivity index (χ0n) is 15.2. The number of hydrogen-bond donors (Lipinski definition) is 2. The summed E-state index contributed by atoms with van der Waals surface area (Å²) in [6.45, 7) is 4.26. The van der Waals surface area contributed by atoms with Crippen LogP contribution in [0.3, 0.4) is 0 Å². The van der Waals surface area contributed by atoms with E-state index in [-0.39, 0.29) is 10.7 Å². The number of rotatable bonds is 6. The molecule has 0 amide bonds. The van der Waals surface area contributed by atoms with Gasteiger partial charge in [0.05, 0.1) is 4.90 Å². The standard InChI is InChI=1S/C21H21FN2O2S/c1-15-3-12-21(16(2)13-15)27(25,26)24-20-10-8-19(9-11-20)23-14-17-4-6-18(22)7-5-17/h3-13,23-24H,14H2,1-2H3. The highest BCUT2D eigenvalue weighted by atomic mass is 32.2. The largest absolute Gasteiger partial charge is 0.381 e. The molecule has 0 saturated carbocycles. The van der Waals surface area contributed by atoms with Crippen LogP contribution in [0.2, 0.25) is 0 Å². The molecule has 0 spiro atoms. The van der Waals surface area contributed by atoms with Crippen molar-refractivity contribution in [1.82, 2.24) is 0 Å². The molecule has 0 aliphatic heterocycles. The van der Waals surface area contributed by atoms with Gasteiger partial charge in [0.25, 0.3) is 10.0 Å². The molecular weight excluding hydrogens is 363 g/mol. The number of aryl methyl sites for hydroxylation is 2. The lowest BCUT2D eigenvalue weighted by Gasteiger charge is -2.12. The van der Waals surface area contributed by atoms with Crippen LogP contribution >= 0.6 is 0 Å². The number of benzene rings is 3. The Hall–Kier alpha value is -2.86. The van der Waals surface area contributed by atoms with Gasteiger partial charge in [0.15, 0.2) is 0 Å². The van der Waals surface area contributed by atoms with Gasteiger partial charge in [-0.3, -0.25) is 4.72 Å². The first-order valence-corrected chi connectivity index (χ1v) is 10.0. The van der Waals surface area contributed by atoms with Crippen molar-refractivity contribution in [3.63, 3.8) is 0 Å². The van der Waals surface area contributed by atoms with Crippen LogP contribution in [-0.2, 0) is 16.6 Å². The Morgan fingerprint density at radius 2 is 1.48 bits per heavy atom. The Morgan fingerprint density at radius 1 is 0.852 bits per heavy atom. The second-order valence-electron chi connectivity index (χ2n) is 6.43. The van der Waals surface area contributed by atoms with Gasteiger partial charge in [0, 0.05) is 17.9 Å². The zero-order chi connectivity index (χ0) is 19.4. The van der Waals surface area contributed by atoms with E-state index in [0.29, 0.717) is 17.8 Å². The predicted molar refractivity (Wildman–Crippen MR) is 107 cm³/mol. The molecule has 3 rings (SSSR count). The van der Waals surface area contributed by atoms with E-state index in [4.69, 9.17) is 0 Å². The third-order valence-electron chi connectivity index (χ3n) is 4.17. The summed E-state index contributed by atoms with van der Waals surface area (Å²) in [7, 11) is -3.64. The first-order valence-electron chi connectivity index (χ1n) is 8.52. The molecule has 140 valence electrons. The molecule has 0 aromatic heterocycles. The Morgan fingerprint density at radius 3 is 2.11 bits per heavy atom. The third-order valence-corrected chi connectivity index (χ3v) is 5.71. The van der Waals surface area contributed by atoms with Crippen LogP contribution in [0.15, 0.2) is 71.6 Å². The molecule has 0 heterocycles. The molecule has 6 heteroatoms. The average Bonchev–Trinajstić information content (AvgIpc) is 2.62. The van der Waals surface area contributed by atoms with E-state index in [2.05, 4.69) is 10.0 Å². The van der Waals surface area contributed by atoms with Crippen LogP contribution in [0.1, 0.15) is 16.7 Å². The Labute approximate surface area is 159 Å². The van der Waals surface area contributed by atoms with E-state index < -0.39 is 10.0 Å². The highest BCUT2D eigenvalue weighted by Crippen LogP contribution is 2.21. The third kappa shape index (κ3) is 4.86. The minimum Gasteiger partial charge on any atom is -0.381 e. The molecule has 0 aliphatic rings. The van der Waals surface area contributed by atoms with E-state index in [9.17, 15) is 12.8 Å². The molecule has 0 saturated heterocycles. The summed E-state index contributed by atoms with van der Waals surface area (Å²) in [4.78, 5) is 0.270. The van der Waals surface area contributed by atoms with Crippen molar-refractivity contribution in [2.45, 2.75) is 25.3 Å². The molecule has 0 aliphatic carbocycles. The van der Waals surface area contributed by atoms with Gasteiger partial charge in [0.2, 0.25) is 0 Å². The van der Waals surface area contributed by atoms with Crippen molar-refractivity contribution < 1.29 is 12.8 Å². The summed E-state index contributed by atoms with van der Waals surface area (Å²) < 4.78 is 40.7. The summed E-state index contributed by atoms with van der Waals surface area (Å²) in [5.41, 5.74) is 4.01. The Kier molecular flexibility index (Phi) is 5.46. The first-order chi connectivity index (χ1) is 12.8. The lowest BCUT2D eigenvalue weighted by Crippen LogP contribution is -2.14. The molecule has 0 unspecified atom stereocenters. The van der Waals surface area contributed by atoms with E-state index >= 15 is 0 Å². The number of hydrogen-bond acceptors (Lipinski definition) is 3. The van der Waals surface area contributed by atoms with Crippen LogP contribution in [0.25, 0.3) is 0 Å². The molecular formula is C21H21FN2O2S. The molecule has 4 nitrogen and oxygen atoms in total. The fourth-order valence-electron chi connectivity index (χ4n) is 2.77. The van der Waals surface area contributed by atoms with Crippen LogP contribution in [0.4, 0.5) is 15.8 Å². The van der Waals surface area contributed by atoms with Crippen molar-refractivity contribution >= 4 is 21.4 Å². The van der Waals surface area contributed by atoms with Crippen LogP contribution in [0, 0.1) is 19.7 Å². The smallest absolute Gasteiger partial charge is 0.262 e. The first kappa shape index (κ1) is 18.9. The lowest BCUT2D eigenvalue weighted by molar-refractivity contribution is 0.600. The molecule has 3 aromatic carbocycles. The van der Waals surface area contributed by atoms with Crippen LogP contribution in [0.5, 0.6) is 0 Å². The molecule has 27 heavy (non-hydrogen) atoms. The van der Waals surface area contributed by atoms with Gasteiger partial charge < -0.3 is 5.32 Å². The van der Waals surface area contributed by atoms with E-state index in [1.807, 2.05) is 13.0 Å². The molecule has 0 radical (unpaired) electrons. The molecule has 0 atom stereocenters. The van der Waals surface area contributed by atoms with E-state index in [0.717, 1.165) is 16.8 Å². The van der Waals surface area contributed by atoms with Crippen molar-refractivity contribution in [3.05, 3.63) is 89.2 Å². The molecule has 2 N–H and O–H groups in total. The van der Waals surface area contributed by atoms with Gasteiger partial charge in [-0.15, -0.1) is 0 Å². The summed E-state index contributed by atoms with van der Waals surface area (Å²) >= 11 is 0. The second kappa shape index (κ2) is 7.80. The van der Waals surface area contributed by atoms with Gasteiger partial charge in [-0.05, 0) is 67.4 Å². The minimum atomic E-state index is -3.64. The summed E-state index contributed by atoms with van der Waals surface area (Å²) in [6.07, 6.45) is 0. The maximum absolute atomic E-state index is 12.9. The number of halogens is 1. The second-order valence-corrected chi connectivity index (χ2v) is 8.08. The normalized spacial score (nSPS) is 11.2. The van der Waals surface area contributed by atoms with E-state index in [1.165, 1.54) is 12.1 Å². The van der Waals surface area contributed by atoms with Gasteiger partial charge in [-0.1, -0.05) is 29.8 Å². The van der Waals surface area contributed by atoms with E-state index in [1.54, 1.807) is 55.5 Å². The molecule has 3 aromatic rings. The SMILES string of the molecule is Cc1ccc(S(=O)(=O)Nc2ccc(NCc3ccc(F)cc3)cc2)c(C)c1. The molecule has 0 fully saturated rings. The van der Waals surface area contributed by atoms with Gasteiger partial charge >= 0.3 is 0 Å². The van der Waals surface area contributed by atoms with Crippen LogP contribution in [-0.4, -0.2) is 8.42 Å². The Balaban J connectivity index is 1.67. The fraction of sp³-hybridized carbons (Fsp3) is 0.143. The number of nitrogens with one attached hydrogen (secondary N) is 2. The Bertz CT molecular complexity index is 1030. The van der Waals surface area contributed by atoms with Crippen LogP contribution < -0.4 is 10.0 Å². The summed E-state index contributed by atoms with van der Waals surface area (Å²) in [6, 6.07) is 18.5. The highest BCUT2D eigenvalue weighted by molar-refractivity contribution is 7.92. The highest BCUT2D eigenvalue weighted by Gasteiger charge is 2.16. The van der Waals surface area contributed by atoms with Crippen molar-refractivity contribution in [3.8, 4) is 0 Å². The molecule has 0 bridgehead atoms. The lowest BCUT2D eigenvalue weighted by atomic mass is 10.2. The maximum Gasteiger partial charge on any atom is 0.262 e. The van der Waals surface area contributed by atoms with Crippen molar-refractivity contribution in [2.75, 3.05) is 10.0 Å². The van der Waals surface area contributed by atoms with Gasteiger partial charge in [0.1, 0.15) is 5.82 Å². The van der Waals surface area contributed by atoms with Gasteiger partial charge in [-0.25, -0.2) is 12.8 Å². The minimum absolute atomic E-state index is 0.265. The number of sulfonamides is 1. The summed E-state index contributed by atoms with van der Waals surface area (Å²) in [5.74, 6) is -0.265.